The Bertz CT molecular complexity index is 1030. The number of nitrogens with one attached hydrogen (secondary N) is 2. The van der Waals surface area contributed by atoms with Gasteiger partial charge in [0.25, 0.3) is 0 Å². The second-order valence-electron chi connectivity index (χ2n) is 9.16. The van der Waals surface area contributed by atoms with Crippen LogP contribution in [0.25, 0.3) is 0 Å². The zero-order valence-electron chi connectivity index (χ0n) is 19.3. The smallest absolute Gasteiger partial charge is 0.411 e. The van der Waals surface area contributed by atoms with Gasteiger partial charge in [-0.2, -0.15) is 0 Å². The lowest BCUT2D eigenvalue weighted by molar-refractivity contribution is -0.128. The van der Waals surface area contributed by atoms with Gasteiger partial charge in [0.1, 0.15) is 11.6 Å². The van der Waals surface area contributed by atoms with Crippen LogP contribution in [0.5, 0.6) is 0 Å². The highest BCUT2D eigenvalue weighted by Crippen LogP contribution is 2.25. The van der Waals surface area contributed by atoms with E-state index in [1.165, 1.54) is 4.90 Å². The van der Waals surface area contributed by atoms with E-state index in [1.54, 1.807) is 20.8 Å². The lowest BCUT2D eigenvalue weighted by atomic mass is 9.94. The summed E-state index contributed by atoms with van der Waals surface area (Å²) in [5.41, 5.74) is 4.19. The molecule has 0 aliphatic carbocycles. The molecule has 2 N–H and O–H groups in total. The summed E-state index contributed by atoms with van der Waals surface area (Å²) in [7, 11) is 0. The van der Waals surface area contributed by atoms with Gasteiger partial charge in [0, 0.05) is 12.1 Å². The van der Waals surface area contributed by atoms with Gasteiger partial charge < -0.3 is 15.4 Å². The minimum atomic E-state index is -0.755. The second kappa shape index (κ2) is 9.42. The predicted octanol–water partition coefficient (Wildman–Crippen LogP) is 3.72. The minimum absolute atomic E-state index is 0.188. The first-order valence-corrected chi connectivity index (χ1v) is 10.7. The van der Waals surface area contributed by atoms with Crippen molar-refractivity contribution < 1.29 is 19.1 Å². The summed E-state index contributed by atoms with van der Waals surface area (Å²) in [5.74, 6) is -0.720. The van der Waals surface area contributed by atoms with Crippen LogP contribution in [0.1, 0.15) is 43.0 Å². The predicted molar refractivity (Wildman–Crippen MR) is 123 cm³/mol. The van der Waals surface area contributed by atoms with Crippen LogP contribution in [-0.2, 0) is 27.3 Å². The van der Waals surface area contributed by atoms with E-state index in [1.807, 2.05) is 56.3 Å². The molecular weight excluding hydrogens is 406 g/mol. The number of rotatable bonds is 4. The van der Waals surface area contributed by atoms with Gasteiger partial charge >= 0.3 is 6.09 Å². The highest BCUT2D eigenvalue weighted by molar-refractivity contribution is 5.96. The topological polar surface area (TPSA) is 87.7 Å². The van der Waals surface area contributed by atoms with Crippen LogP contribution in [0.3, 0.4) is 0 Å². The fourth-order valence-corrected chi connectivity index (χ4v) is 3.58. The molecular formula is C25H31N3O4. The Balaban J connectivity index is 1.68. The van der Waals surface area contributed by atoms with Crippen LogP contribution in [0.15, 0.2) is 42.5 Å². The average molecular weight is 438 g/mol. The summed E-state index contributed by atoms with van der Waals surface area (Å²) >= 11 is 0. The molecule has 7 nitrogen and oxygen atoms in total. The Labute approximate surface area is 189 Å². The zero-order chi connectivity index (χ0) is 23.5. The van der Waals surface area contributed by atoms with Crippen molar-refractivity contribution in [3.63, 3.8) is 0 Å². The molecule has 1 unspecified atom stereocenters. The van der Waals surface area contributed by atoms with Crippen LogP contribution < -0.4 is 10.6 Å². The van der Waals surface area contributed by atoms with Crippen LogP contribution in [0.4, 0.5) is 10.5 Å². The highest BCUT2D eigenvalue weighted by atomic mass is 16.6. The maximum absolute atomic E-state index is 13.0. The van der Waals surface area contributed by atoms with Gasteiger partial charge in [-0.05, 0) is 69.0 Å². The molecule has 1 atom stereocenters. The number of anilines is 1. The van der Waals surface area contributed by atoms with E-state index in [2.05, 4.69) is 10.6 Å². The number of hydrogen-bond acceptors (Lipinski definition) is 4. The fraction of sp³-hybridized carbons (Fsp3) is 0.400. The van der Waals surface area contributed by atoms with Gasteiger partial charge in [-0.25, -0.2) is 4.79 Å². The minimum Gasteiger partial charge on any atom is -0.444 e. The first-order chi connectivity index (χ1) is 15.0. The lowest BCUT2D eigenvalue weighted by Crippen LogP contribution is -2.54. The third-order valence-electron chi connectivity index (χ3n) is 5.39. The van der Waals surface area contributed by atoms with Crippen LogP contribution >= 0.6 is 0 Å². The van der Waals surface area contributed by atoms with E-state index < -0.39 is 17.7 Å². The summed E-state index contributed by atoms with van der Waals surface area (Å²) in [6.45, 7) is 9.42. The molecule has 2 aromatic rings. The van der Waals surface area contributed by atoms with Crippen molar-refractivity contribution in [1.29, 1.82) is 0 Å². The standard InChI is InChI=1S/C25H31N3O4/c1-16-10-11-20(12-17(16)2)27-22(29)14-26-23(30)21-13-18-8-6-7-9-19(18)15-28(21)24(31)32-25(3,4)5/h6-12,21H,13-15H2,1-5H3,(H,26,30)(H,27,29). The zero-order valence-corrected chi connectivity index (χ0v) is 19.3. The summed E-state index contributed by atoms with van der Waals surface area (Å²) in [6, 6.07) is 12.6. The number of carbonyl (C=O) groups excluding carboxylic acids is 3. The van der Waals surface area contributed by atoms with E-state index in [0.29, 0.717) is 12.1 Å². The molecule has 0 radical (unpaired) electrons. The van der Waals surface area contributed by atoms with E-state index in [4.69, 9.17) is 4.74 Å². The molecule has 0 fully saturated rings. The first kappa shape index (κ1) is 23.3. The molecule has 7 heteroatoms. The maximum Gasteiger partial charge on any atom is 0.411 e. The van der Waals surface area contributed by atoms with Crippen molar-refractivity contribution in [3.8, 4) is 0 Å². The molecule has 1 aliphatic rings. The van der Waals surface area contributed by atoms with Gasteiger partial charge in [0.05, 0.1) is 13.1 Å². The van der Waals surface area contributed by atoms with Crippen molar-refractivity contribution in [2.75, 3.05) is 11.9 Å². The molecule has 0 saturated carbocycles. The van der Waals surface area contributed by atoms with Gasteiger partial charge in [0.15, 0.2) is 0 Å². The number of fused-ring (bicyclic) bond motifs is 1. The summed E-state index contributed by atoms with van der Waals surface area (Å²) in [5, 5.41) is 5.47. The Morgan fingerprint density at radius 3 is 2.38 bits per heavy atom. The molecule has 0 aromatic heterocycles. The Morgan fingerprint density at radius 2 is 1.72 bits per heavy atom. The quantitative estimate of drug-likeness (QED) is 0.763. The van der Waals surface area contributed by atoms with Crippen LogP contribution in [0.2, 0.25) is 0 Å². The molecule has 3 rings (SSSR count). The fourth-order valence-electron chi connectivity index (χ4n) is 3.58. The monoisotopic (exact) mass is 437 g/mol. The van der Waals surface area contributed by atoms with Crippen molar-refractivity contribution >= 4 is 23.6 Å². The summed E-state index contributed by atoms with van der Waals surface area (Å²) in [6.07, 6.45) is -0.188. The Morgan fingerprint density at radius 1 is 1.03 bits per heavy atom. The normalized spacial score (nSPS) is 15.5. The molecule has 1 heterocycles. The number of carbonyl (C=O) groups is 3. The van der Waals surface area contributed by atoms with Gasteiger partial charge in [0.2, 0.25) is 11.8 Å². The van der Waals surface area contributed by atoms with E-state index in [-0.39, 0.29) is 24.9 Å². The van der Waals surface area contributed by atoms with E-state index >= 15 is 0 Å². The number of aryl methyl sites for hydroxylation is 2. The van der Waals surface area contributed by atoms with Crippen molar-refractivity contribution in [3.05, 3.63) is 64.7 Å². The molecule has 32 heavy (non-hydrogen) atoms. The Kier molecular flexibility index (Phi) is 6.87. The molecule has 0 saturated heterocycles. The number of amides is 3. The maximum atomic E-state index is 13.0. The summed E-state index contributed by atoms with van der Waals surface area (Å²) in [4.78, 5) is 39.6. The van der Waals surface area contributed by atoms with Crippen LogP contribution in [-0.4, -0.2) is 41.0 Å². The number of hydrogen-bond donors (Lipinski definition) is 2. The van der Waals surface area contributed by atoms with Gasteiger partial charge in [-0.1, -0.05) is 30.3 Å². The molecule has 170 valence electrons. The molecule has 0 spiro atoms. The van der Waals surface area contributed by atoms with Crippen molar-refractivity contribution in [1.82, 2.24) is 10.2 Å². The summed E-state index contributed by atoms with van der Waals surface area (Å²) < 4.78 is 5.53. The van der Waals surface area contributed by atoms with E-state index in [0.717, 1.165) is 22.3 Å². The van der Waals surface area contributed by atoms with Gasteiger partial charge in [-0.15, -0.1) is 0 Å². The lowest BCUT2D eigenvalue weighted by Gasteiger charge is -2.36. The average Bonchev–Trinajstić information content (AvgIpc) is 2.72. The SMILES string of the molecule is Cc1ccc(NC(=O)CNC(=O)C2Cc3ccccc3CN2C(=O)OC(C)(C)C)cc1C. The largest absolute Gasteiger partial charge is 0.444 e. The molecule has 1 aliphatic heterocycles. The van der Waals surface area contributed by atoms with Crippen molar-refractivity contribution in [2.24, 2.45) is 0 Å². The number of benzene rings is 2. The number of ether oxygens (including phenoxy) is 1. The molecule has 3 amide bonds. The third-order valence-corrected chi connectivity index (χ3v) is 5.39. The van der Waals surface area contributed by atoms with Crippen LogP contribution in [0, 0.1) is 13.8 Å². The number of nitrogens with zero attached hydrogens (tertiary/aromatic N) is 1. The molecule has 2 aromatic carbocycles. The second-order valence-corrected chi connectivity index (χ2v) is 9.16. The third kappa shape index (κ3) is 5.87. The Hall–Kier alpha value is -3.35. The highest BCUT2D eigenvalue weighted by Gasteiger charge is 2.37. The van der Waals surface area contributed by atoms with Gasteiger partial charge in [-0.3, -0.25) is 14.5 Å². The first-order valence-electron chi connectivity index (χ1n) is 10.7. The van der Waals surface area contributed by atoms with E-state index in [9.17, 15) is 14.4 Å². The van der Waals surface area contributed by atoms with Crippen molar-refractivity contribution in [2.45, 2.75) is 59.2 Å². The molecule has 0 bridgehead atoms.